The molecule has 0 aliphatic rings. The van der Waals surface area contributed by atoms with Gasteiger partial charge in [0.25, 0.3) is 0 Å². The van der Waals surface area contributed by atoms with E-state index in [1.165, 1.54) is 75.5 Å². The quantitative estimate of drug-likeness (QED) is 0.0490. The van der Waals surface area contributed by atoms with E-state index in [9.17, 15) is 46.0 Å². The van der Waals surface area contributed by atoms with Crippen molar-refractivity contribution in [3.63, 3.8) is 0 Å². The molecule has 0 amide bonds. The van der Waals surface area contributed by atoms with E-state index >= 15 is 0 Å². The average Bonchev–Trinajstić information content (AvgIpc) is 3.12. The summed E-state index contributed by atoms with van der Waals surface area (Å²) in [5.41, 5.74) is -1.52. The van der Waals surface area contributed by atoms with E-state index in [4.69, 9.17) is 0 Å². The number of rotatable bonds is 20. The van der Waals surface area contributed by atoms with Gasteiger partial charge in [0.15, 0.2) is 11.6 Å². The Bertz CT molecular complexity index is 1410. The number of alkyl halides is 6. The smallest absolute Gasteiger partial charge is 0.416 e. The van der Waals surface area contributed by atoms with E-state index in [1.807, 2.05) is 60.7 Å². The predicted octanol–water partition coefficient (Wildman–Crippen LogP) is 11.0. The van der Waals surface area contributed by atoms with Gasteiger partial charge in [-0.2, -0.15) is 26.3 Å². The number of ketones is 2. The first-order chi connectivity index (χ1) is 26.3. The summed E-state index contributed by atoms with van der Waals surface area (Å²) < 4.78 is 77.5. The van der Waals surface area contributed by atoms with Gasteiger partial charge in [-0.05, 0) is 56.7 Å². The number of benzene rings is 3. The summed E-state index contributed by atoms with van der Waals surface area (Å²) in [6, 6.07) is 19.8. The summed E-state index contributed by atoms with van der Waals surface area (Å²) in [5, 5.41) is 20.2. The van der Waals surface area contributed by atoms with E-state index in [2.05, 4.69) is 46.2 Å². The molecule has 0 saturated heterocycles. The third kappa shape index (κ3) is 18.7. The molecule has 0 unspecified atom stereocenters. The van der Waals surface area contributed by atoms with Crippen molar-refractivity contribution >= 4 is 33.4 Å². The molecule has 3 aromatic carbocycles. The van der Waals surface area contributed by atoms with Crippen LogP contribution in [0.15, 0.2) is 78.9 Å². The van der Waals surface area contributed by atoms with Gasteiger partial charge in [0.05, 0.1) is 53.8 Å². The number of carbonyl (C=O) groups excluding carboxylic acids is 2. The summed E-state index contributed by atoms with van der Waals surface area (Å²) >= 11 is 0. The van der Waals surface area contributed by atoms with Gasteiger partial charge in [0.1, 0.15) is 19.6 Å². The fraction of sp³-hybridized carbons (Fsp3) is 0.524. The van der Waals surface area contributed by atoms with Crippen molar-refractivity contribution in [2.75, 3.05) is 49.3 Å². The Morgan fingerprint density at radius 1 is 0.536 bits per heavy atom. The summed E-state index contributed by atoms with van der Waals surface area (Å²) in [5.74, 6) is -0.347. The van der Waals surface area contributed by atoms with E-state index in [0.717, 1.165) is 23.5 Å². The van der Waals surface area contributed by atoms with Crippen LogP contribution in [0.25, 0.3) is 0 Å². The summed E-state index contributed by atoms with van der Waals surface area (Å²) in [6.07, 6.45) is 6.56. The van der Waals surface area contributed by atoms with Gasteiger partial charge in [-0.1, -0.05) is 102 Å². The zero-order valence-corrected chi connectivity index (χ0v) is 35.5. The third-order valence-electron chi connectivity index (χ3n) is 9.13. The number of hydrogen-bond acceptors (Lipinski definition) is 5. The molecule has 56 heavy (non-hydrogen) atoms. The van der Waals surface area contributed by atoms with Crippen molar-refractivity contribution in [3.8, 4) is 5.75 Å². The molecule has 0 radical (unpaired) electrons. The van der Waals surface area contributed by atoms with E-state index in [1.54, 1.807) is 0 Å². The minimum Gasteiger partial charge on any atom is -0.860 e. The van der Waals surface area contributed by atoms with E-state index < -0.39 is 51.1 Å². The first-order valence-electron chi connectivity index (χ1n) is 19.5. The Labute approximate surface area is 331 Å². The van der Waals surface area contributed by atoms with Crippen molar-refractivity contribution < 1.29 is 50.6 Å². The Kier molecular flexibility index (Phi) is 23.4. The molecule has 0 spiro atoms. The van der Waals surface area contributed by atoms with Crippen LogP contribution in [0.4, 0.5) is 26.3 Å². The predicted molar refractivity (Wildman–Crippen MR) is 219 cm³/mol. The minimum absolute atomic E-state index is 0.141. The molecular formula is C42H59BF6O5P2. The Hall–Kier alpha value is -2.78. The first kappa shape index (κ1) is 51.2. The standard InChI is InChI=1S/2C17H28OP.C8H3BF6O3/c2*1-4-12-19(13-5-2,14-6-3)15-17(18)16-10-8-7-9-11-16;10-7(11,12)4-1-5(8(13,14)15)3-6(2-4)18-9(16)17/h2*7-11H,4-6,12-15H2,1-3H3;1-3H/q2*+1;-2. The molecule has 3 aromatic rings. The fourth-order valence-electron chi connectivity index (χ4n) is 7.14. The zero-order valence-electron chi connectivity index (χ0n) is 33.7. The van der Waals surface area contributed by atoms with Crippen molar-refractivity contribution in [2.24, 2.45) is 0 Å². The van der Waals surface area contributed by atoms with Gasteiger partial charge in [-0.15, -0.1) is 0 Å². The summed E-state index contributed by atoms with van der Waals surface area (Å²) in [4.78, 5) is 25.0. The number of carbonyl (C=O) groups is 2. The molecule has 0 N–H and O–H groups in total. The number of hydrogen-bond donors (Lipinski definition) is 0. The number of Topliss-reactive ketones (excluding diaryl/α,β-unsaturated/α-hetero) is 2. The Morgan fingerprint density at radius 3 is 1.05 bits per heavy atom. The fourth-order valence-corrected chi connectivity index (χ4v) is 16.7. The Morgan fingerprint density at radius 2 is 0.821 bits per heavy atom. The normalized spacial score (nSPS) is 11.8. The van der Waals surface area contributed by atoms with Crippen LogP contribution < -0.4 is 14.7 Å². The average molecular weight is 831 g/mol. The van der Waals surface area contributed by atoms with Crippen LogP contribution in [0.5, 0.6) is 5.75 Å². The van der Waals surface area contributed by atoms with Crippen molar-refractivity contribution in [3.05, 3.63) is 101 Å². The van der Waals surface area contributed by atoms with Gasteiger partial charge >= 0.3 is 12.4 Å². The highest BCUT2D eigenvalue weighted by atomic mass is 31.2. The van der Waals surface area contributed by atoms with E-state index in [0.29, 0.717) is 11.6 Å². The molecule has 3 rings (SSSR count). The maximum atomic E-state index is 12.5. The Balaban J connectivity index is 0.000000420. The molecule has 0 aromatic heterocycles. The molecule has 0 bridgehead atoms. The molecule has 0 saturated carbocycles. The molecular weight excluding hydrogens is 771 g/mol. The van der Waals surface area contributed by atoms with Crippen LogP contribution in [-0.4, -0.2) is 68.2 Å². The van der Waals surface area contributed by atoms with Gasteiger partial charge < -0.3 is 14.7 Å². The SMILES string of the molecule is CCC[P+](CCC)(CCC)CC(=O)c1ccccc1.CCC[P+](CCC)(CCC)CC(=O)c1ccccc1.[O-]B([O-])Oc1cc(C(F)(F)F)cc(C(F)(F)F)c1. The van der Waals surface area contributed by atoms with Crippen molar-refractivity contribution in [2.45, 2.75) is 92.4 Å². The summed E-state index contributed by atoms with van der Waals surface area (Å²) in [6.45, 7) is 13.5. The monoisotopic (exact) mass is 830 g/mol. The molecule has 0 fully saturated rings. The molecule has 0 aliphatic carbocycles. The second-order valence-corrected chi connectivity index (χ2v) is 22.7. The van der Waals surface area contributed by atoms with Crippen LogP contribution in [-0.2, 0) is 12.4 Å². The van der Waals surface area contributed by atoms with E-state index in [-0.39, 0.29) is 18.2 Å². The van der Waals surface area contributed by atoms with Crippen LogP contribution in [0.3, 0.4) is 0 Å². The topological polar surface area (TPSA) is 89.5 Å². The molecule has 0 atom stereocenters. The maximum absolute atomic E-state index is 12.5. The lowest BCUT2D eigenvalue weighted by atomic mass is 10.1. The molecule has 5 nitrogen and oxygen atoms in total. The lowest BCUT2D eigenvalue weighted by Crippen LogP contribution is -2.50. The molecule has 0 heterocycles. The van der Waals surface area contributed by atoms with Gasteiger partial charge in [-0.3, -0.25) is 9.59 Å². The van der Waals surface area contributed by atoms with Crippen LogP contribution >= 0.6 is 14.5 Å². The summed E-state index contributed by atoms with van der Waals surface area (Å²) in [7, 11) is -5.15. The highest BCUT2D eigenvalue weighted by molar-refractivity contribution is 7.77. The van der Waals surface area contributed by atoms with Crippen LogP contribution in [0.1, 0.15) is 112 Å². The lowest BCUT2D eigenvalue weighted by Gasteiger charge is -2.27. The largest absolute Gasteiger partial charge is 0.860 e. The van der Waals surface area contributed by atoms with Crippen LogP contribution in [0, 0.1) is 0 Å². The number of halogens is 6. The highest BCUT2D eigenvalue weighted by Gasteiger charge is 2.39. The molecule has 312 valence electrons. The second-order valence-electron chi connectivity index (χ2n) is 14.1. The zero-order chi connectivity index (χ0) is 42.4. The third-order valence-corrected chi connectivity index (χ3v) is 19.4. The van der Waals surface area contributed by atoms with Gasteiger partial charge in [0, 0.05) is 25.7 Å². The first-order valence-corrected chi connectivity index (χ1v) is 24.5. The maximum Gasteiger partial charge on any atom is 0.416 e. The minimum atomic E-state index is -5.05. The van der Waals surface area contributed by atoms with Crippen molar-refractivity contribution in [1.29, 1.82) is 0 Å². The van der Waals surface area contributed by atoms with Crippen molar-refractivity contribution in [1.82, 2.24) is 0 Å². The van der Waals surface area contributed by atoms with Crippen LogP contribution in [0.2, 0.25) is 0 Å². The second kappa shape index (κ2) is 25.6. The molecule has 14 heteroatoms. The lowest BCUT2D eigenvalue weighted by molar-refractivity contribution is -0.372. The van der Waals surface area contributed by atoms with Gasteiger partial charge in [-0.25, -0.2) is 0 Å². The van der Waals surface area contributed by atoms with Gasteiger partial charge in [0.2, 0.25) is 0 Å². The highest BCUT2D eigenvalue weighted by Crippen LogP contribution is 2.61. The molecule has 0 aliphatic heterocycles.